The fourth-order valence-corrected chi connectivity index (χ4v) is 2.15. The van der Waals surface area contributed by atoms with Crippen molar-refractivity contribution in [1.29, 1.82) is 0 Å². The average molecular weight is 215 g/mol. The molecule has 0 aromatic heterocycles. The van der Waals surface area contributed by atoms with Gasteiger partial charge in [0.2, 0.25) is 0 Å². The Morgan fingerprint density at radius 3 is 2.87 bits per heavy atom. The maximum absolute atomic E-state index is 10.4. The summed E-state index contributed by atoms with van der Waals surface area (Å²) in [6.45, 7) is 2.71. The summed E-state index contributed by atoms with van der Waals surface area (Å²) in [5.74, 6) is -0.260. The SMILES string of the molecule is CC(CC(=O)O)NCC1CCCC(O)C1. The molecule has 15 heavy (non-hydrogen) atoms. The van der Waals surface area contributed by atoms with Gasteiger partial charge >= 0.3 is 5.97 Å². The van der Waals surface area contributed by atoms with Crippen LogP contribution in [0.2, 0.25) is 0 Å². The van der Waals surface area contributed by atoms with Gasteiger partial charge in [0.15, 0.2) is 0 Å². The first-order chi connectivity index (χ1) is 7.08. The summed E-state index contributed by atoms with van der Waals surface area (Å²) in [4.78, 5) is 10.4. The lowest BCUT2D eigenvalue weighted by molar-refractivity contribution is -0.137. The van der Waals surface area contributed by atoms with Gasteiger partial charge in [0, 0.05) is 6.04 Å². The molecule has 0 radical (unpaired) electrons. The third-order valence-electron chi connectivity index (χ3n) is 2.99. The van der Waals surface area contributed by atoms with E-state index in [2.05, 4.69) is 5.32 Å². The lowest BCUT2D eigenvalue weighted by Crippen LogP contribution is -2.35. The fraction of sp³-hybridized carbons (Fsp3) is 0.909. The third-order valence-corrected chi connectivity index (χ3v) is 2.99. The highest BCUT2D eigenvalue weighted by Gasteiger charge is 2.20. The van der Waals surface area contributed by atoms with Crippen molar-refractivity contribution in [3.63, 3.8) is 0 Å². The third kappa shape index (κ3) is 5.14. The Balaban J connectivity index is 2.15. The molecule has 1 saturated carbocycles. The second-order valence-electron chi connectivity index (χ2n) is 4.59. The average Bonchev–Trinajstić information content (AvgIpc) is 2.14. The maximum atomic E-state index is 10.4. The number of rotatable bonds is 5. The van der Waals surface area contributed by atoms with E-state index in [0.717, 1.165) is 32.2 Å². The van der Waals surface area contributed by atoms with Crippen molar-refractivity contribution < 1.29 is 15.0 Å². The van der Waals surface area contributed by atoms with E-state index in [1.165, 1.54) is 0 Å². The van der Waals surface area contributed by atoms with E-state index < -0.39 is 5.97 Å². The van der Waals surface area contributed by atoms with Crippen molar-refractivity contribution in [2.24, 2.45) is 5.92 Å². The molecule has 88 valence electrons. The van der Waals surface area contributed by atoms with E-state index in [-0.39, 0.29) is 18.6 Å². The Kier molecular flexibility index (Phi) is 5.05. The van der Waals surface area contributed by atoms with Crippen LogP contribution in [0, 0.1) is 5.92 Å². The number of carbonyl (C=O) groups is 1. The highest BCUT2D eigenvalue weighted by Crippen LogP contribution is 2.23. The van der Waals surface area contributed by atoms with Gasteiger partial charge < -0.3 is 15.5 Å². The Bertz CT molecular complexity index is 208. The molecule has 3 atom stereocenters. The normalized spacial score (nSPS) is 28.7. The van der Waals surface area contributed by atoms with Crippen LogP contribution in [0.4, 0.5) is 0 Å². The summed E-state index contributed by atoms with van der Waals surface area (Å²) in [5.41, 5.74) is 0. The van der Waals surface area contributed by atoms with Crippen molar-refractivity contribution in [1.82, 2.24) is 5.32 Å². The summed E-state index contributed by atoms with van der Waals surface area (Å²) in [5, 5.41) is 21.3. The molecule has 1 fully saturated rings. The van der Waals surface area contributed by atoms with Crippen LogP contribution in [0.25, 0.3) is 0 Å². The minimum Gasteiger partial charge on any atom is -0.481 e. The molecule has 0 aromatic rings. The number of carboxylic acid groups (broad SMARTS) is 1. The van der Waals surface area contributed by atoms with Crippen LogP contribution in [-0.2, 0) is 4.79 Å². The molecule has 0 aromatic carbocycles. The van der Waals surface area contributed by atoms with Gasteiger partial charge in [-0.1, -0.05) is 6.42 Å². The Labute approximate surface area is 90.7 Å². The van der Waals surface area contributed by atoms with Gasteiger partial charge in [-0.2, -0.15) is 0 Å². The molecule has 1 rings (SSSR count). The first-order valence-electron chi connectivity index (χ1n) is 5.71. The van der Waals surface area contributed by atoms with Crippen LogP contribution in [0.1, 0.15) is 39.0 Å². The summed E-state index contributed by atoms with van der Waals surface area (Å²) in [6, 6.07) is 0.0153. The van der Waals surface area contributed by atoms with Crippen LogP contribution in [0.5, 0.6) is 0 Å². The fourth-order valence-electron chi connectivity index (χ4n) is 2.15. The number of aliphatic hydroxyl groups is 1. The Morgan fingerprint density at radius 2 is 2.27 bits per heavy atom. The van der Waals surface area contributed by atoms with E-state index in [9.17, 15) is 9.90 Å². The van der Waals surface area contributed by atoms with Crippen molar-refractivity contribution in [2.75, 3.05) is 6.54 Å². The van der Waals surface area contributed by atoms with Crippen molar-refractivity contribution in [3.05, 3.63) is 0 Å². The zero-order valence-corrected chi connectivity index (χ0v) is 9.28. The molecule has 0 aliphatic heterocycles. The maximum Gasteiger partial charge on any atom is 0.304 e. The van der Waals surface area contributed by atoms with Gasteiger partial charge in [0.1, 0.15) is 0 Å². The predicted octanol–water partition coefficient (Wildman–Crippen LogP) is 0.990. The van der Waals surface area contributed by atoms with Gasteiger partial charge in [0.25, 0.3) is 0 Å². The molecule has 0 bridgehead atoms. The number of hydrogen-bond donors (Lipinski definition) is 3. The van der Waals surface area contributed by atoms with Crippen LogP contribution < -0.4 is 5.32 Å². The molecule has 0 amide bonds. The van der Waals surface area contributed by atoms with E-state index >= 15 is 0 Å². The number of aliphatic carboxylic acids is 1. The highest BCUT2D eigenvalue weighted by molar-refractivity contribution is 5.67. The molecule has 1 aliphatic carbocycles. The van der Waals surface area contributed by atoms with Crippen LogP contribution >= 0.6 is 0 Å². The Morgan fingerprint density at radius 1 is 1.53 bits per heavy atom. The predicted molar refractivity (Wildman–Crippen MR) is 57.7 cm³/mol. The van der Waals surface area contributed by atoms with Crippen LogP contribution in [0.15, 0.2) is 0 Å². The zero-order valence-electron chi connectivity index (χ0n) is 9.28. The Hall–Kier alpha value is -0.610. The minimum absolute atomic E-state index is 0.0153. The first-order valence-corrected chi connectivity index (χ1v) is 5.71. The van der Waals surface area contributed by atoms with E-state index in [1.54, 1.807) is 0 Å². The first kappa shape index (κ1) is 12.5. The number of carboxylic acids is 1. The summed E-state index contributed by atoms with van der Waals surface area (Å²) < 4.78 is 0. The van der Waals surface area contributed by atoms with Gasteiger partial charge in [-0.3, -0.25) is 4.79 Å². The van der Waals surface area contributed by atoms with E-state index in [4.69, 9.17) is 5.11 Å². The van der Waals surface area contributed by atoms with Gasteiger partial charge in [-0.25, -0.2) is 0 Å². The summed E-state index contributed by atoms with van der Waals surface area (Å²) >= 11 is 0. The second-order valence-corrected chi connectivity index (χ2v) is 4.59. The van der Waals surface area contributed by atoms with Crippen LogP contribution in [0.3, 0.4) is 0 Å². The molecule has 0 spiro atoms. The summed E-state index contributed by atoms with van der Waals surface area (Å²) in [6.07, 6.45) is 4.01. The highest BCUT2D eigenvalue weighted by atomic mass is 16.4. The molecule has 0 saturated heterocycles. The van der Waals surface area contributed by atoms with E-state index in [1.807, 2.05) is 6.92 Å². The summed E-state index contributed by atoms with van der Waals surface area (Å²) in [7, 11) is 0. The van der Waals surface area contributed by atoms with Crippen LogP contribution in [-0.4, -0.2) is 34.9 Å². The number of hydrogen-bond acceptors (Lipinski definition) is 3. The molecule has 4 heteroatoms. The molecular formula is C11H21NO3. The number of aliphatic hydroxyl groups excluding tert-OH is 1. The van der Waals surface area contributed by atoms with Crippen molar-refractivity contribution in [3.8, 4) is 0 Å². The van der Waals surface area contributed by atoms with Gasteiger partial charge in [0.05, 0.1) is 12.5 Å². The smallest absolute Gasteiger partial charge is 0.304 e. The molecule has 3 unspecified atom stereocenters. The molecule has 4 nitrogen and oxygen atoms in total. The van der Waals surface area contributed by atoms with Crippen molar-refractivity contribution >= 4 is 5.97 Å². The number of nitrogens with one attached hydrogen (secondary N) is 1. The van der Waals surface area contributed by atoms with E-state index in [0.29, 0.717) is 5.92 Å². The second kappa shape index (κ2) is 6.08. The monoisotopic (exact) mass is 215 g/mol. The molecular weight excluding hydrogens is 194 g/mol. The lowest BCUT2D eigenvalue weighted by Gasteiger charge is -2.27. The largest absolute Gasteiger partial charge is 0.481 e. The lowest BCUT2D eigenvalue weighted by atomic mass is 9.87. The topological polar surface area (TPSA) is 69.6 Å². The zero-order chi connectivity index (χ0) is 11.3. The van der Waals surface area contributed by atoms with Gasteiger partial charge in [-0.05, 0) is 38.6 Å². The quantitative estimate of drug-likeness (QED) is 0.639. The van der Waals surface area contributed by atoms with Gasteiger partial charge in [-0.15, -0.1) is 0 Å². The molecule has 3 N–H and O–H groups in total. The molecule has 0 heterocycles. The molecule has 1 aliphatic rings. The van der Waals surface area contributed by atoms with Crippen molar-refractivity contribution in [2.45, 2.75) is 51.2 Å². The standard InChI is InChI=1S/C11H21NO3/c1-8(5-11(14)15)12-7-9-3-2-4-10(13)6-9/h8-10,12-13H,2-7H2,1H3,(H,14,15). The minimum atomic E-state index is -0.765.